The van der Waals surface area contributed by atoms with E-state index >= 15 is 0 Å². The van der Waals surface area contributed by atoms with Gasteiger partial charge in [0.15, 0.2) is 5.11 Å². The molecule has 1 atom stereocenters. The summed E-state index contributed by atoms with van der Waals surface area (Å²) >= 11 is 5.22. The minimum absolute atomic E-state index is 0.105. The fourth-order valence-electron chi connectivity index (χ4n) is 1.70. The summed E-state index contributed by atoms with van der Waals surface area (Å²) in [6, 6.07) is 0.281. The summed E-state index contributed by atoms with van der Waals surface area (Å²) in [5.74, 6) is -0.809. The maximum atomic E-state index is 10.6. The predicted octanol–water partition coefficient (Wildman–Crippen LogP) is 4.20. The molecule has 4 nitrogen and oxygen atoms in total. The zero-order valence-electron chi connectivity index (χ0n) is 14.0. The fraction of sp³-hybridized carbons (Fsp3) is 0.444. The molecule has 0 radical (unpaired) electrons. The molecule has 1 unspecified atom stereocenters. The molecular weight excluding hydrogens is 308 g/mol. The highest BCUT2D eigenvalue weighted by Gasteiger charge is 2.03. The highest BCUT2D eigenvalue weighted by Crippen LogP contribution is 2.09. The van der Waals surface area contributed by atoms with Gasteiger partial charge in [-0.05, 0) is 44.8 Å². The van der Waals surface area contributed by atoms with E-state index in [1.165, 1.54) is 0 Å². The van der Waals surface area contributed by atoms with Gasteiger partial charge in [-0.2, -0.15) is 0 Å². The summed E-state index contributed by atoms with van der Waals surface area (Å²) in [6.45, 7) is 11.4. The van der Waals surface area contributed by atoms with E-state index in [1.807, 2.05) is 13.0 Å². The second-order valence-electron chi connectivity index (χ2n) is 5.13. The van der Waals surface area contributed by atoms with Gasteiger partial charge in [0.05, 0.1) is 5.71 Å². The standard InChI is InChI=1S/C18H26N2O2S/c1-5-9-16(20-18(23)19-14(4)6-2)11-8-10-15(7-3)12-13-17(21)22/h7,9-10,14H,1,3,6,8,11-13H2,2,4H3,(H,19,23)(H,21,22). The van der Waals surface area contributed by atoms with E-state index in [0.29, 0.717) is 18.0 Å². The Morgan fingerprint density at radius 1 is 1.43 bits per heavy atom. The number of carboxylic acids is 1. The molecule has 0 aliphatic carbocycles. The van der Waals surface area contributed by atoms with Gasteiger partial charge in [-0.3, -0.25) is 4.79 Å². The monoisotopic (exact) mass is 334 g/mol. The molecule has 126 valence electrons. The lowest BCUT2D eigenvalue weighted by Gasteiger charge is -2.11. The van der Waals surface area contributed by atoms with Crippen molar-refractivity contribution in [2.75, 3.05) is 0 Å². The maximum absolute atomic E-state index is 10.6. The van der Waals surface area contributed by atoms with Crippen molar-refractivity contribution in [2.45, 2.75) is 52.0 Å². The van der Waals surface area contributed by atoms with Gasteiger partial charge in [-0.1, -0.05) is 37.8 Å². The Balaban J connectivity index is 4.69. The molecule has 5 heteroatoms. The molecule has 0 spiro atoms. The van der Waals surface area contributed by atoms with E-state index in [-0.39, 0.29) is 12.5 Å². The first-order valence-corrected chi connectivity index (χ1v) is 8.10. The van der Waals surface area contributed by atoms with Crippen LogP contribution in [0.2, 0.25) is 0 Å². The zero-order chi connectivity index (χ0) is 17.7. The first-order chi connectivity index (χ1) is 10.9. The normalized spacial score (nSPS) is 13.0. The summed E-state index contributed by atoms with van der Waals surface area (Å²) in [4.78, 5) is 15.0. The van der Waals surface area contributed by atoms with Crippen molar-refractivity contribution >= 4 is 29.0 Å². The highest BCUT2D eigenvalue weighted by atomic mass is 32.1. The van der Waals surface area contributed by atoms with Gasteiger partial charge >= 0.3 is 5.97 Å². The van der Waals surface area contributed by atoms with Gasteiger partial charge < -0.3 is 10.4 Å². The van der Waals surface area contributed by atoms with Crippen LogP contribution in [0.15, 0.2) is 47.7 Å². The van der Waals surface area contributed by atoms with Gasteiger partial charge in [0.2, 0.25) is 0 Å². The number of aliphatic carboxylic acids is 1. The Morgan fingerprint density at radius 3 is 2.65 bits per heavy atom. The Labute approximate surface area is 144 Å². The van der Waals surface area contributed by atoms with Crippen LogP contribution >= 0.6 is 12.2 Å². The minimum atomic E-state index is -0.809. The van der Waals surface area contributed by atoms with E-state index in [4.69, 9.17) is 17.3 Å². The molecule has 2 N–H and O–H groups in total. The van der Waals surface area contributed by atoms with Crippen LogP contribution in [-0.4, -0.2) is 27.9 Å². The number of hydrogen-bond donors (Lipinski definition) is 2. The zero-order valence-corrected chi connectivity index (χ0v) is 14.8. The summed E-state index contributed by atoms with van der Waals surface area (Å²) in [5.41, 5.74) is 4.44. The molecule has 0 saturated heterocycles. The Morgan fingerprint density at radius 2 is 2.13 bits per heavy atom. The largest absolute Gasteiger partial charge is 0.481 e. The van der Waals surface area contributed by atoms with Gasteiger partial charge in [-0.25, -0.2) is 4.99 Å². The average molecular weight is 334 g/mol. The van der Waals surface area contributed by atoms with Crippen LogP contribution in [0.5, 0.6) is 0 Å². The first-order valence-electron chi connectivity index (χ1n) is 7.70. The van der Waals surface area contributed by atoms with E-state index < -0.39 is 5.97 Å². The van der Waals surface area contributed by atoms with Crippen molar-refractivity contribution in [3.8, 4) is 0 Å². The number of aliphatic imine (C=N–C) groups is 1. The Kier molecular flexibility index (Phi) is 11.5. The number of rotatable bonds is 10. The van der Waals surface area contributed by atoms with Crippen LogP contribution in [-0.2, 0) is 4.79 Å². The lowest BCUT2D eigenvalue weighted by molar-refractivity contribution is -0.136. The van der Waals surface area contributed by atoms with Gasteiger partial charge in [0.1, 0.15) is 0 Å². The number of carboxylic acid groups (broad SMARTS) is 1. The number of nitrogens with one attached hydrogen (secondary N) is 1. The van der Waals surface area contributed by atoms with Gasteiger partial charge in [0.25, 0.3) is 0 Å². The number of hydrogen-bond acceptors (Lipinski definition) is 2. The number of nitrogens with zero attached hydrogens (tertiary/aromatic N) is 1. The van der Waals surface area contributed by atoms with Gasteiger partial charge in [0, 0.05) is 18.5 Å². The Hall–Kier alpha value is -1.97. The third-order valence-corrected chi connectivity index (χ3v) is 3.40. The molecule has 0 aliphatic heterocycles. The first kappa shape index (κ1) is 21.0. The lowest BCUT2D eigenvalue weighted by atomic mass is 10.1. The third kappa shape index (κ3) is 11.3. The summed E-state index contributed by atoms with van der Waals surface area (Å²) < 4.78 is 0. The van der Waals surface area contributed by atoms with Crippen LogP contribution < -0.4 is 5.32 Å². The third-order valence-electron chi connectivity index (χ3n) is 3.19. The van der Waals surface area contributed by atoms with Gasteiger partial charge in [-0.15, -0.1) is 5.73 Å². The highest BCUT2D eigenvalue weighted by molar-refractivity contribution is 7.80. The summed E-state index contributed by atoms with van der Waals surface area (Å²) in [5, 5.41) is 12.3. The second kappa shape index (κ2) is 12.6. The minimum Gasteiger partial charge on any atom is -0.481 e. The van der Waals surface area contributed by atoms with Crippen molar-refractivity contribution in [3.05, 3.63) is 42.7 Å². The fourth-order valence-corrected chi connectivity index (χ4v) is 2.02. The van der Waals surface area contributed by atoms with E-state index in [1.54, 1.807) is 12.2 Å². The summed E-state index contributed by atoms with van der Waals surface area (Å²) in [7, 11) is 0. The SMILES string of the molecule is C=C=CC(CCC=C(C=C)CCC(=O)O)=NC(=S)NC(C)CC. The van der Waals surface area contributed by atoms with E-state index in [0.717, 1.165) is 24.1 Å². The van der Waals surface area contributed by atoms with E-state index in [9.17, 15) is 4.79 Å². The predicted molar refractivity (Wildman–Crippen MR) is 101 cm³/mol. The molecule has 23 heavy (non-hydrogen) atoms. The molecule has 0 bridgehead atoms. The van der Waals surface area contributed by atoms with Crippen LogP contribution in [0.1, 0.15) is 46.0 Å². The molecule has 0 saturated carbocycles. The summed E-state index contributed by atoms with van der Waals surface area (Å²) in [6.07, 6.45) is 8.34. The molecule has 0 aromatic heterocycles. The van der Waals surface area contributed by atoms with Crippen molar-refractivity contribution in [3.63, 3.8) is 0 Å². The molecule has 0 rings (SSSR count). The second-order valence-corrected chi connectivity index (χ2v) is 5.51. The van der Waals surface area contributed by atoms with Crippen LogP contribution in [0, 0.1) is 0 Å². The molecule has 0 aromatic carbocycles. The van der Waals surface area contributed by atoms with Crippen LogP contribution in [0.25, 0.3) is 0 Å². The van der Waals surface area contributed by atoms with E-state index in [2.05, 4.69) is 36.1 Å². The molecule has 0 fully saturated rings. The molecule has 0 heterocycles. The van der Waals surface area contributed by atoms with Crippen LogP contribution in [0.3, 0.4) is 0 Å². The molecule has 0 aliphatic rings. The topological polar surface area (TPSA) is 61.7 Å². The average Bonchev–Trinajstić information content (AvgIpc) is 2.50. The van der Waals surface area contributed by atoms with Crippen molar-refractivity contribution in [2.24, 2.45) is 4.99 Å². The van der Waals surface area contributed by atoms with Crippen molar-refractivity contribution in [1.29, 1.82) is 0 Å². The Bertz CT molecular complexity index is 529. The number of carbonyl (C=O) groups is 1. The lowest BCUT2D eigenvalue weighted by Crippen LogP contribution is -2.29. The van der Waals surface area contributed by atoms with Crippen LogP contribution in [0.4, 0.5) is 0 Å². The van der Waals surface area contributed by atoms with Crippen molar-refractivity contribution < 1.29 is 9.90 Å². The quantitative estimate of drug-likeness (QED) is 0.272. The number of allylic oxidation sites excluding steroid dienone is 4. The number of thiocarbonyl (C=S) groups is 1. The molecular formula is C18H26N2O2S. The molecule has 0 amide bonds. The molecule has 0 aromatic rings. The van der Waals surface area contributed by atoms with Crippen molar-refractivity contribution in [1.82, 2.24) is 5.32 Å². The maximum Gasteiger partial charge on any atom is 0.303 e. The smallest absolute Gasteiger partial charge is 0.303 e.